The number of carbonyl (C=O) groups is 1. The minimum atomic E-state index is -3.74. The first-order valence-corrected chi connectivity index (χ1v) is 11.7. The van der Waals surface area contributed by atoms with Gasteiger partial charge in [-0.2, -0.15) is 4.31 Å². The summed E-state index contributed by atoms with van der Waals surface area (Å²) in [4.78, 5) is 14.0. The Kier molecular flexibility index (Phi) is 6.52. The van der Waals surface area contributed by atoms with Crippen LogP contribution in [0.3, 0.4) is 0 Å². The monoisotopic (exact) mass is 424 g/mol. The summed E-state index contributed by atoms with van der Waals surface area (Å²) in [5.41, 5.74) is 0. The van der Waals surface area contributed by atoms with Crippen molar-refractivity contribution < 1.29 is 17.6 Å². The predicted molar refractivity (Wildman–Crippen MR) is 108 cm³/mol. The first kappa shape index (κ1) is 21.0. The number of nitrogens with zero attached hydrogens (tertiary/aromatic N) is 1. The molecule has 1 aromatic heterocycles. The third-order valence-corrected chi connectivity index (χ3v) is 7.86. The van der Waals surface area contributed by atoms with Gasteiger partial charge in [0.05, 0.1) is 16.9 Å². The Labute approximate surface area is 169 Å². The van der Waals surface area contributed by atoms with E-state index < -0.39 is 21.8 Å². The Morgan fingerprint density at radius 3 is 2.57 bits per heavy atom. The highest BCUT2D eigenvalue weighted by atomic mass is 32.2. The lowest BCUT2D eigenvalue weighted by Crippen LogP contribution is -2.46. The van der Waals surface area contributed by atoms with Crippen LogP contribution in [0.1, 0.15) is 37.6 Å². The van der Waals surface area contributed by atoms with Gasteiger partial charge in [0.25, 0.3) is 0 Å². The van der Waals surface area contributed by atoms with Crippen LogP contribution in [-0.2, 0) is 14.8 Å². The lowest BCUT2D eigenvalue weighted by molar-refractivity contribution is -0.127. The van der Waals surface area contributed by atoms with Crippen LogP contribution in [0.2, 0.25) is 0 Å². The maximum Gasteiger partial charge on any atom is 0.243 e. The van der Waals surface area contributed by atoms with Gasteiger partial charge in [0.15, 0.2) is 0 Å². The van der Waals surface area contributed by atoms with Crippen molar-refractivity contribution in [3.63, 3.8) is 0 Å². The van der Waals surface area contributed by atoms with Crippen LogP contribution in [0.5, 0.6) is 0 Å². The van der Waals surface area contributed by atoms with E-state index in [2.05, 4.69) is 19.2 Å². The van der Waals surface area contributed by atoms with Gasteiger partial charge in [0.2, 0.25) is 15.9 Å². The molecule has 0 bridgehead atoms. The largest absolute Gasteiger partial charge is 0.348 e. The molecule has 0 aliphatic carbocycles. The van der Waals surface area contributed by atoms with E-state index in [9.17, 15) is 17.6 Å². The molecule has 152 valence electrons. The number of piperidine rings is 1. The summed E-state index contributed by atoms with van der Waals surface area (Å²) in [6.45, 7) is 4.61. The van der Waals surface area contributed by atoms with E-state index in [1.807, 2.05) is 17.5 Å². The summed E-state index contributed by atoms with van der Waals surface area (Å²) >= 11 is 1.60. The average molecular weight is 425 g/mol. The number of rotatable bonds is 6. The molecule has 1 amide bonds. The maximum absolute atomic E-state index is 13.1. The highest BCUT2D eigenvalue weighted by Gasteiger charge is 2.34. The van der Waals surface area contributed by atoms with Crippen molar-refractivity contribution in [3.05, 3.63) is 52.5 Å². The average Bonchev–Trinajstić information content (AvgIpc) is 3.20. The molecular formula is C20H25FN2O3S2. The molecular weight excluding hydrogens is 399 g/mol. The van der Waals surface area contributed by atoms with E-state index in [1.54, 1.807) is 11.3 Å². The summed E-state index contributed by atoms with van der Waals surface area (Å²) in [7, 11) is -3.74. The minimum absolute atomic E-state index is 0.0496. The minimum Gasteiger partial charge on any atom is -0.348 e. The van der Waals surface area contributed by atoms with Crippen LogP contribution in [0, 0.1) is 17.7 Å². The van der Waals surface area contributed by atoms with Crippen LogP contribution in [0.4, 0.5) is 4.39 Å². The van der Waals surface area contributed by atoms with Crippen molar-refractivity contribution >= 4 is 27.3 Å². The molecule has 0 radical (unpaired) electrons. The van der Waals surface area contributed by atoms with Crippen molar-refractivity contribution in [2.45, 2.75) is 37.6 Å². The van der Waals surface area contributed by atoms with Gasteiger partial charge >= 0.3 is 0 Å². The molecule has 2 atom stereocenters. The molecule has 1 aromatic carbocycles. The lowest BCUT2D eigenvalue weighted by Gasteiger charge is -2.32. The number of halogens is 1. The number of nitrogens with one attached hydrogen (secondary N) is 1. The van der Waals surface area contributed by atoms with Crippen molar-refractivity contribution in [1.82, 2.24) is 9.62 Å². The molecule has 8 heteroatoms. The van der Waals surface area contributed by atoms with Crippen LogP contribution in [0.15, 0.2) is 46.7 Å². The molecule has 5 nitrogen and oxygen atoms in total. The first-order chi connectivity index (χ1) is 13.3. The number of hydrogen-bond donors (Lipinski definition) is 1. The van der Waals surface area contributed by atoms with Crippen molar-refractivity contribution in [2.24, 2.45) is 11.8 Å². The normalized spacial score (nSPS) is 19.5. The van der Waals surface area contributed by atoms with E-state index in [-0.39, 0.29) is 29.3 Å². The van der Waals surface area contributed by atoms with Gasteiger partial charge in [-0.3, -0.25) is 4.79 Å². The van der Waals surface area contributed by atoms with E-state index in [4.69, 9.17) is 0 Å². The lowest BCUT2D eigenvalue weighted by atomic mass is 9.96. The second kappa shape index (κ2) is 8.71. The number of thiophene rings is 1. The third kappa shape index (κ3) is 4.61. The topological polar surface area (TPSA) is 66.5 Å². The zero-order valence-electron chi connectivity index (χ0n) is 16.0. The number of amides is 1. The summed E-state index contributed by atoms with van der Waals surface area (Å²) in [5, 5.41) is 5.09. The van der Waals surface area contributed by atoms with E-state index in [1.165, 1.54) is 16.4 Å². The van der Waals surface area contributed by atoms with Gasteiger partial charge in [-0.05, 0) is 54.5 Å². The molecule has 2 aromatic rings. The smallest absolute Gasteiger partial charge is 0.243 e. The summed E-state index contributed by atoms with van der Waals surface area (Å²) < 4.78 is 40.2. The predicted octanol–water partition coefficient (Wildman–Crippen LogP) is 3.80. The van der Waals surface area contributed by atoms with Crippen LogP contribution in [-0.4, -0.2) is 31.7 Å². The zero-order chi connectivity index (χ0) is 20.3. The van der Waals surface area contributed by atoms with Crippen LogP contribution < -0.4 is 5.32 Å². The van der Waals surface area contributed by atoms with Crippen LogP contribution in [0.25, 0.3) is 0 Å². The highest BCUT2D eigenvalue weighted by molar-refractivity contribution is 7.89. The number of hydrogen-bond acceptors (Lipinski definition) is 4. The Hall–Kier alpha value is -1.77. The SMILES string of the molecule is CC(C)[C@@H](NC(=O)[C@@H]1CCCN(S(=O)(=O)c2ccc(F)cc2)C1)c1cccs1. The molecule has 1 N–H and O–H groups in total. The Balaban J connectivity index is 1.72. The van der Waals surface area contributed by atoms with Crippen LogP contribution >= 0.6 is 11.3 Å². The first-order valence-electron chi connectivity index (χ1n) is 9.38. The van der Waals surface area contributed by atoms with Crippen molar-refractivity contribution in [3.8, 4) is 0 Å². The molecule has 0 saturated carbocycles. The zero-order valence-corrected chi connectivity index (χ0v) is 17.6. The van der Waals surface area contributed by atoms with Gasteiger partial charge in [0.1, 0.15) is 5.82 Å². The Morgan fingerprint density at radius 2 is 1.96 bits per heavy atom. The van der Waals surface area contributed by atoms with E-state index in [0.29, 0.717) is 19.4 Å². The fourth-order valence-corrected chi connectivity index (χ4v) is 5.91. The van der Waals surface area contributed by atoms with Gasteiger partial charge in [-0.1, -0.05) is 19.9 Å². The standard InChI is InChI=1S/C20H25FN2O3S2/c1-14(2)19(18-6-4-12-27-18)22-20(24)15-5-3-11-23(13-15)28(25,26)17-9-7-16(21)8-10-17/h4,6-10,12,14-15,19H,3,5,11,13H2,1-2H3,(H,22,24)/t15-,19-/m1/s1. The second-order valence-corrected chi connectivity index (χ2v) is 10.3. The Bertz CT molecular complexity index is 896. The van der Waals surface area contributed by atoms with E-state index >= 15 is 0 Å². The summed E-state index contributed by atoms with van der Waals surface area (Å²) in [6, 6.07) is 8.67. The quantitative estimate of drug-likeness (QED) is 0.767. The third-order valence-electron chi connectivity index (χ3n) is 5.02. The van der Waals surface area contributed by atoms with Gasteiger partial charge in [-0.15, -0.1) is 11.3 Å². The molecule has 3 rings (SSSR count). The fraction of sp³-hybridized carbons (Fsp3) is 0.450. The van der Waals surface area contributed by atoms with Crippen molar-refractivity contribution in [1.29, 1.82) is 0 Å². The number of benzene rings is 1. The molecule has 0 unspecified atom stereocenters. The molecule has 1 fully saturated rings. The summed E-state index contributed by atoms with van der Waals surface area (Å²) in [6.07, 6.45) is 1.26. The highest BCUT2D eigenvalue weighted by Crippen LogP contribution is 2.28. The van der Waals surface area contributed by atoms with Gasteiger partial charge in [0, 0.05) is 18.0 Å². The number of sulfonamides is 1. The molecule has 1 aliphatic heterocycles. The molecule has 0 spiro atoms. The molecule has 2 heterocycles. The molecule has 1 aliphatic rings. The molecule has 28 heavy (non-hydrogen) atoms. The van der Waals surface area contributed by atoms with Gasteiger partial charge < -0.3 is 5.32 Å². The van der Waals surface area contributed by atoms with E-state index in [0.717, 1.165) is 17.0 Å². The maximum atomic E-state index is 13.1. The van der Waals surface area contributed by atoms with Crippen molar-refractivity contribution in [2.75, 3.05) is 13.1 Å². The second-order valence-electron chi connectivity index (χ2n) is 7.40. The summed E-state index contributed by atoms with van der Waals surface area (Å²) in [5.74, 6) is -0.773. The van der Waals surface area contributed by atoms with Gasteiger partial charge in [-0.25, -0.2) is 12.8 Å². The Morgan fingerprint density at radius 1 is 1.25 bits per heavy atom. The fourth-order valence-electron chi connectivity index (χ4n) is 3.44. The molecule has 1 saturated heterocycles. The number of carbonyl (C=O) groups excluding carboxylic acids is 1.